The van der Waals surface area contributed by atoms with Crippen molar-refractivity contribution < 1.29 is 4.98 Å². The fraction of sp³-hybridized carbons (Fsp3) is 0.0625. The first-order chi connectivity index (χ1) is 9.92. The predicted octanol–water partition coefficient (Wildman–Crippen LogP) is 2.45. The number of fused-ring (bicyclic) bond motifs is 2. The van der Waals surface area contributed by atoms with Crippen molar-refractivity contribution in [3.63, 3.8) is 0 Å². The van der Waals surface area contributed by atoms with E-state index in [1.54, 1.807) is 0 Å². The van der Waals surface area contributed by atoms with Crippen LogP contribution in [0.3, 0.4) is 0 Å². The molecule has 0 aliphatic rings. The van der Waals surface area contributed by atoms with Crippen LogP contribution in [-0.4, -0.2) is 15.0 Å². The highest BCUT2D eigenvalue weighted by atomic mass is 15.4. The summed E-state index contributed by atoms with van der Waals surface area (Å²) in [4.78, 5) is 3.33. The van der Waals surface area contributed by atoms with Crippen molar-refractivity contribution in [2.24, 2.45) is 0 Å². The van der Waals surface area contributed by atoms with Crippen molar-refractivity contribution >= 4 is 21.8 Å². The van der Waals surface area contributed by atoms with Gasteiger partial charge in [0.25, 0.3) is 0 Å². The molecule has 4 rings (SSSR count). The summed E-state index contributed by atoms with van der Waals surface area (Å²) in [5.74, 6) is 0. The molecule has 0 saturated carbocycles. The van der Waals surface area contributed by atoms with Crippen LogP contribution in [0.15, 0.2) is 60.8 Å². The number of nitrogens with one attached hydrogen (secondary N) is 1. The third-order valence-corrected chi connectivity index (χ3v) is 3.53. The van der Waals surface area contributed by atoms with Crippen molar-refractivity contribution in [1.29, 1.82) is 0 Å². The molecule has 0 spiro atoms. The van der Waals surface area contributed by atoms with E-state index in [1.807, 2.05) is 35.1 Å². The maximum atomic E-state index is 4.24. The average Bonchev–Trinajstić information content (AvgIpc) is 2.91. The van der Waals surface area contributed by atoms with Gasteiger partial charge in [-0.1, -0.05) is 35.5 Å². The number of pyridine rings is 1. The molecule has 2 heterocycles. The molecule has 0 amide bonds. The second-order valence-corrected chi connectivity index (χ2v) is 4.78. The molecule has 0 unspecified atom stereocenters. The minimum atomic E-state index is 0.682. The Hall–Kier alpha value is -2.75. The molecule has 1 N–H and O–H groups in total. The Balaban J connectivity index is 1.85. The maximum absolute atomic E-state index is 4.24. The molecule has 0 atom stereocenters. The first-order valence-corrected chi connectivity index (χ1v) is 6.58. The Labute approximate surface area is 115 Å². The van der Waals surface area contributed by atoms with E-state index in [0.29, 0.717) is 6.54 Å². The Morgan fingerprint density at radius 3 is 2.80 bits per heavy atom. The lowest BCUT2D eigenvalue weighted by molar-refractivity contribution is -0.388. The van der Waals surface area contributed by atoms with E-state index in [1.165, 1.54) is 10.8 Å². The van der Waals surface area contributed by atoms with Crippen LogP contribution in [0.5, 0.6) is 0 Å². The molecule has 2 aromatic carbocycles. The molecule has 0 saturated heterocycles. The summed E-state index contributed by atoms with van der Waals surface area (Å²) in [6, 6.07) is 18.4. The van der Waals surface area contributed by atoms with E-state index in [-0.39, 0.29) is 0 Å². The normalized spacial score (nSPS) is 11.2. The van der Waals surface area contributed by atoms with Crippen LogP contribution in [0, 0.1) is 0 Å². The van der Waals surface area contributed by atoms with E-state index in [4.69, 9.17) is 0 Å². The van der Waals surface area contributed by atoms with Gasteiger partial charge in [0.2, 0.25) is 5.69 Å². The van der Waals surface area contributed by atoms with Gasteiger partial charge >= 0.3 is 0 Å². The van der Waals surface area contributed by atoms with Gasteiger partial charge in [0.15, 0.2) is 6.20 Å². The minimum Gasteiger partial charge on any atom is -0.234 e. The monoisotopic (exact) mass is 261 g/mol. The molecular weight excluding hydrogens is 248 g/mol. The highest BCUT2D eigenvalue weighted by Gasteiger charge is 2.11. The fourth-order valence-electron chi connectivity index (χ4n) is 2.54. The Bertz CT molecular complexity index is 890. The van der Waals surface area contributed by atoms with Crippen molar-refractivity contribution in [3.8, 4) is 0 Å². The SMILES string of the molecule is c1ccc2c(Cn3nnc4ccccc43)[nH+]ccc2c1. The van der Waals surface area contributed by atoms with Crippen LogP contribution in [0.2, 0.25) is 0 Å². The lowest BCUT2D eigenvalue weighted by Gasteiger charge is -2.01. The molecule has 20 heavy (non-hydrogen) atoms. The van der Waals surface area contributed by atoms with Crippen LogP contribution in [-0.2, 0) is 6.54 Å². The number of rotatable bonds is 2. The number of benzene rings is 2. The summed E-state index contributed by atoms with van der Waals surface area (Å²) in [7, 11) is 0. The van der Waals surface area contributed by atoms with Crippen LogP contribution in [0.25, 0.3) is 21.8 Å². The number of aromatic amines is 1. The summed E-state index contributed by atoms with van der Waals surface area (Å²) in [6.45, 7) is 0.682. The average molecular weight is 261 g/mol. The van der Waals surface area contributed by atoms with Gasteiger partial charge in [-0.15, -0.1) is 5.10 Å². The quantitative estimate of drug-likeness (QED) is 0.556. The molecular formula is C16H13N4+. The lowest BCUT2D eigenvalue weighted by Crippen LogP contribution is -2.15. The highest BCUT2D eigenvalue weighted by molar-refractivity contribution is 5.83. The Morgan fingerprint density at radius 1 is 0.950 bits per heavy atom. The number of nitrogens with zero attached hydrogens (tertiary/aromatic N) is 3. The first-order valence-electron chi connectivity index (χ1n) is 6.58. The second kappa shape index (κ2) is 4.42. The van der Waals surface area contributed by atoms with Crippen molar-refractivity contribution in [2.75, 3.05) is 0 Å². The van der Waals surface area contributed by atoms with Gasteiger partial charge in [-0.3, -0.25) is 0 Å². The fourth-order valence-corrected chi connectivity index (χ4v) is 2.54. The summed E-state index contributed by atoms with van der Waals surface area (Å²) in [5.41, 5.74) is 3.11. The van der Waals surface area contributed by atoms with Gasteiger partial charge < -0.3 is 0 Å². The minimum absolute atomic E-state index is 0.682. The molecule has 0 fully saturated rings. The summed E-state index contributed by atoms with van der Waals surface area (Å²) in [6.07, 6.45) is 1.97. The smallest absolute Gasteiger partial charge is 0.209 e. The summed E-state index contributed by atoms with van der Waals surface area (Å²) in [5, 5.41) is 10.9. The molecule has 96 valence electrons. The standard InChI is InChI=1S/C16H12N4/c1-2-6-13-12(5-1)9-10-17-15(13)11-20-16-8-4-3-7-14(16)18-19-20/h1-10H,11H2/p+1. The van der Waals surface area contributed by atoms with Crippen molar-refractivity contribution in [1.82, 2.24) is 15.0 Å². The first kappa shape index (κ1) is 11.1. The van der Waals surface area contributed by atoms with Crippen LogP contribution in [0.1, 0.15) is 5.69 Å². The van der Waals surface area contributed by atoms with Gasteiger partial charge in [-0.2, -0.15) is 0 Å². The molecule has 4 aromatic rings. The van der Waals surface area contributed by atoms with Crippen LogP contribution < -0.4 is 4.98 Å². The Kier molecular flexibility index (Phi) is 2.45. The third kappa shape index (κ3) is 1.73. The van der Waals surface area contributed by atoms with Gasteiger partial charge in [0, 0.05) is 6.07 Å². The molecule has 2 aromatic heterocycles. The van der Waals surface area contributed by atoms with Gasteiger partial charge in [-0.05, 0) is 23.6 Å². The van der Waals surface area contributed by atoms with Crippen LogP contribution in [0.4, 0.5) is 0 Å². The van der Waals surface area contributed by atoms with Gasteiger partial charge in [0.1, 0.15) is 12.1 Å². The summed E-state index contributed by atoms with van der Waals surface area (Å²) >= 11 is 0. The zero-order valence-corrected chi connectivity index (χ0v) is 10.8. The molecule has 4 nitrogen and oxygen atoms in total. The zero-order chi connectivity index (χ0) is 13.4. The van der Waals surface area contributed by atoms with E-state index < -0.39 is 0 Å². The van der Waals surface area contributed by atoms with E-state index >= 15 is 0 Å². The van der Waals surface area contributed by atoms with E-state index in [0.717, 1.165) is 16.7 Å². The van der Waals surface area contributed by atoms with Crippen molar-refractivity contribution in [2.45, 2.75) is 6.54 Å². The lowest BCUT2D eigenvalue weighted by atomic mass is 10.1. The van der Waals surface area contributed by atoms with Crippen LogP contribution >= 0.6 is 0 Å². The second-order valence-electron chi connectivity index (χ2n) is 4.78. The molecule has 0 aliphatic carbocycles. The molecule has 0 bridgehead atoms. The van der Waals surface area contributed by atoms with Gasteiger partial charge in [-0.25, -0.2) is 9.67 Å². The number of hydrogen-bond acceptors (Lipinski definition) is 2. The zero-order valence-electron chi connectivity index (χ0n) is 10.8. The number of para-hydroxylation sites is 1. The molecule has 0 radical (unpaired) electrons. The van der Waals surface area contributed by atoms with Crippen molar-refractivity contribution in [3.05, 3.63) is 66.5 Å². The highest BCUT2D eigenvalue weighted by Crippen LogP contribution is 2.17. The maximum Gasteiger partial charge on any atom is 0.209 e. The number of H-pyrrole nitrogens is 1. The third-order valence-electron chi connectivity index (χ3n) is 3.53. The largest absolute Gasteiger partial charge is 0.234 e. The van der Waals surface area contributed by atoms with Gasteiger partial charge in [0.05, 0.1) is 10.9 Å². The van der Waals surface area contributed by atoms with E-state index in [9.17, 15) is 0 Å². The van der Waals surface area contributed by atoms with E-state index in [2.05, 4.69) is 45.6 Å². The number of hydrogen-bond donors (Lipinski definition) is 0. The predicted molar refractivity (Wildman–Crippen MR) is 77.1 cm³/mol. The summed E-state index contributed by atoms with van der Waals surface area (Å²) < 4.78 is 1.92. The number of aromatic nitrogens is 4. The Morgan fingerprint density at radius 2 is 1.80 bits per heavy atom. The molecule has 0 aliphatic heterocycles. The topological polar surface area (TPSA) is 44.9 Å². The molecule has 4 heteroatoms.